The molecule has 0 amide bonds. The molecule has 0 saturated carbocycles. The zero-order valence-electron chi connectivity index (χ0n) is 12.6. The predicted molar refractivity (Wildman–Crippen MR) is 88.4 cm³/mol. The summed E-state index contributed by atoms with van der Waals surface area (Å²) in [6.07, 6.45) is 5.81. The Morgan fingerprint density at radius 1 is 1.29 bits per heavy atom. The molecule has 0 bridgehead atoms. The van der Waals surface area contributed by atoms with E-state index in [9.17, 15) is 9.90 Å². The van der Waals surface area contributed by atoms with Crippen molar-refractivity contribution in [3.05, 3.63) is 34.3 Å². The first kappa shape index (κ1) is 16.5. The average molecular weight is 354 g/mol. The van der Waals surface area contributed by atoms with Gasteiger partial charge in [0.1, 0.15) is 0 Å². The van der Waals surface area contributed by atoms with Gasteiger partial charge in [0.25, 0.3) is 0 Å². The van der Waals surface area contributed by atoms with Crippen LogP contribution in [0.4, 0.5) is 0 Å². The van der Waals surface area contributed by atoms with E-state index in [4.69, 9.17) is 0 Å². The zero-order chi connectivity index (χ0) is 15.3. The number of nitrogens with zero attached hydrogens (tertiary/aromatic N) is 1. The second kappa shape index (κ2) is 7.41. The number of aliphatic carboxylic acids is 1. The smallest absolute Gasteiger partial charge is 0.305 e. The largest absolute Gasteiger partial charge is 0.481 e. The Morgan fingerprint density at radius 2 is 1.95 bits per heavy atom. The average Bonchev–Trinajstić information content (AvgIpc) is 2.74. The molecule has 116 valence electrons. The van der Waals surface area contributed by atoms with E-state index in [2.05, 4.69) is 39.9 Å². The quantitative estimate of drug-likeness (QED) is 0.852. The third kappa shape index (κ3) is 3.86. The monoisotopic (exact) mass is 353 g/mol. The van der Waals surface area contributed by atoms with E-state index < -0.39 is 5.97 Å². The summed E-state index contributed by atoms with van der Waals surface area (Å²) >= 11 is 3.52. The second-order valence-corrected chi connectivity index (χ2v) is 6.78. The number of carboxylic acid groups (broad SMARTS) is 1. The Bertz CT molecular complexity index is 483. The lowest BCUT2D eigenvalue weighted by molar-refractivity contribution is -0.141. The summed E-state index contributed by atoms with van der Waals surface area (Å²) in [6.45, 7) is 4.09. The Morgan fingerprint density at radius 3 is 2.48 bits per heavy atom. The maximum Gasteiger partial charge on any atom is 0.305 e. The molecule has 1 heterocycles. The molecule has 21 heavy (non-hydrogen) atoms. The van der Waals surface area contributed by atoms with Gasteiger partial charge in [-0.1, -0.05) is 47.8 Å². The van der Waals surface area contributed by atoms with E-state index in [0.717, 1.165) is 42.4 Å². The van der Waals surface area contributed by atoms with Crippen LogP contribution >= 0.6 is 15.9 Å². The highest BCUT2D eigenvalue weighted by Crippen LogP contribution is 2.38. The first-order valence-corrected chi connectivity index (χ1v) is 8.60. The van der Waals surface area contributed by atoms with Crippen molar-refractivity contribution < 1.29 is 9.90 Å². The maximum absolute atomic E-state index is 11.5. The van der Waals surface area contributed by atoms with Crippen LogP contribution in [0.1, 0.15) is 51.0 Å². The molecule has 0 aromatic heterocycles. The molecule has 0 aliphatic carbocycles. The SMILES string of the molecule is CCC(CC(=O)O)(c1cccc(Br)c1)N1CCCCCC1. The minimum Gasteiger partial charge on any atom is -0.481 e. The van der Waals surface area contributed by atoms with Crippen LogP contribution < -0.4 is 0 Å². The molecule has 4 heteroatoms. The molecule has 1 atom stereocenters. The molecule has 1 saturated heterocycles. The fraction of sp³-hybridized carbons (Fsp3) is 0.588. The summed E-state index contributed by atoms with van der Waals surface area (Å²) in [4.78, 5) is 13.9. The first-order chi connectivity index (χ1) is 10.1. The molecular formula is C17H24BrNO2. The molecular weight excluding hydrogens is 330 g/mol. The number of likely N-dealkylation sites (tertiary alicyclic amines) is 1. The summed E-state index contributed by atoms with van der Waals surface area (Å²) in [5.41, 5.74) is 0.726. The molecule has 1 N–H and O–H groups in total. The minimum absolute atomic E-state index is 0.167. The van der Waals surface area contributed by atoms with Crippen LogP contribution in [0, 0.1) is 0 Å². The molecule has 3 nitrogen and oxygen atoms in total. The molecule has 1 aliphatic rings. The van der Waals surface area contributed by atoms with Crippen molar-refractivity contribution in [3.8, 4) is 0 Å². The van der Waals surface area contributed by atoms with Crippen LogP contribution in [0.25, 0.3) is 0 Å². The fourth-order valence-corrected chi connectivity index (χ4v) is 3.88. The lowest BCUT2D eigenvalue weighted by Gasteiger charge is -2.43. The third-order valence-electron chi connectivity index (χ3n) is 4.60. The van der Waals surface area contributed by atoms with Gasteiger partial charge < -0.3 is 5.11 Å². The van der Waals surface area contributed by atoms with E-state index in [1.165, 1.54) is 12.8 Å². The van der Waals surface area contributed by atoms with Gasteiger partial charge in [-0.25, -0.2) is 0 Å². The van der Waals surface area contributed by atoms with E-state index >= 15 is 0 Å². The molecule has 1 unspecified atom stereocenters. The number of hydrogen-bond donors (Lipinski definition) is 1. The molecule has 2 rings (SSSR count). The van der Waals surface area contributed by atoms with Gasteiger partial charge in [-0.05, 0) is 50.0 Å². The van der Waals surface area contributed by atoms with Gasteiger partial charge in [0.05, 0.1) is 12.0 Å². The first-order valence-electron chi connectivity index (χ1n) is 7.81. The van der Waals surface area contributed by atoms with Crippen molar-refractivity contribution in [2.24, 2.45) is 0 Å². The van der Waals surface area contributed by atoms with Gasteiger partial charge in [-0.3, -0.25) is 9.69 Å². The Hall–Kier alpha value is -0.870. The van der Waals surface area contributed by atoms with Gasteiger partial charge >= 0.3 is 5.97 Å². The van der Waals surface area contributed by atoms with Gasteiger partial charge in [0.15, 0.2) is 0 Å². The summed E-state index contributed by atoms with van der Waals surface area (Å²) in [7, 11) is 0. The summed E-state index contributed by atoms with van der Waals surface area (Å²) < 4.78 is 1.01. The highest BCUT2D eigenvalue weighted by Gasteiger charge is 2.39. The minimum atomic E-state index is -0.721. The van der Waals surface area contributed by atoms with Crippen molar-refractivity contribution in [1.82, 2.24) is 4.90 Å². The van der Waals surface area contributed by atoms with Crippen molar-refractivity contribution in [2.75, 3.05) is 13.1 Å². The zero-order valence-corrected chi connectivity index (χ0v) is 14.2. The summed E-state index contributed by atoms with van der Waals surface area (Å²) in [5, 5.41) is 9.47. The van der Waals surface area contributed by atoms with Crippen LogP contribution in [-0.2, 0) is 10.3 Å². The van der Waals surface area contributed by atoms with Crippen LogP contribution in [0.2, 0.25) is 0 Å². The maximum atomic E-state index is 11.5. The lowest BCUT2D eigenvalue weighted by Crippen LogP contribution is -2.47. The lowest BCUT2D eigenvalue weighted by atomic mass is 9.82. The molecule has 0 spiro atoms. The number of rotatable bonds is 5. The Balaban J connectivity index is 2.43. The van der Waals surface area contributed by atoms with E-state index in [1.54, 1.807) is 0 Å². The Kier molecular flexibility index (Phi) is 5.82. The van der Waals surface area contributed by atoms with E-state index in [-0.39, 0.29) is 12.0 Å². The molecule has 0 radical (unpaired) electrons. The fourth-order valence-electron chi connectivity index (χ4n) is 3.48. The van der Waals surface area contributed by atoms with Gasteiger partial charge in [-0.2, -0.15) is 0 Å². The molecule has 1 aliphatic heterocycles. The van der Waals surface area contributed by atoms with Crippen LogP contribution in [0.5, 0.6) is 0 Å². The van der Waals surface area contributed by atoms with Gasteiger partial charge in [0, 0.05) is 4.47 Å². The van der Waals surface area contributed by atoms with E-state index in [0.29, 0.717) is 0 Å². The number of carboxylic acids is 1. The number of benzene rings is 1. The summed E-state index contributed by atoms with van der Waals surface area (Å²) in [5.74, 6) is -0.721. The van der Waals surface area contributed by atoms with Gasteiger partial charge in [-0.15, -0.1) is 0 Å². The van der Waals surface area contributed by atoms with Gasteiger partial charge in [0.2, 0.25) is 0 Å². The van der Waals surface area contributed by atoms with Crippen molar-refractivity contribution in [3.63, 3.8) is 0 Å². The van der Waals surface area contributed by atoms with Crippen molar-refractivity contribution in [2.45, 2.75) is 51.0 Å². The van der Waals surface area contributed by atoms with Crippen molar-refractivity contribution >= 4 is 21.9 Å². The standard InChI is InChI=1S/C17H24BrNO2/c1-2-17(13-16(20)21,14-8-7-9-15(18)12-14)19-10-5-3-4-6-11-19/h7-9,12H,2-6,10-11,13H2,1H3,(H,20,21). The van der Waals surface area contributed by atoms with Crippen LogP contribution in [-0.4, -0.2) is 29.1 Å². The third-order valence-corrected chi connectivity index (χ3v) is 5.10. The van der Waals surface area contributed by atoms with Crippen LogP contribution in [0.15, 0.2) is 28.7 Å². The normalized spacial score (nSPS) is 19.7. The highest BCUT2D eigenvalue weighted by atomic mass is 79.9. The summed E-state index contributed by atoms with van der Waals surface area (Å²) in [6, 6.07) is 8.15. The van der Waals surface area contributed by atoms with Crippen molar-refractivity contribution in [1.29, 1.82) is 0 Å². The molecule has 1 fully saturated rings. The Labute approximate surface area is 135 Å². The highest BCUT2D eigenvalue weighted by molar-refractivity contribution is 9.10. The van der Waals surface area contributed by atoms with Crippen LogP contribution in [0.3, 0.4) is 0 Å². The van der Waals surface area contributed by atoms with E-state index in [1.807, 2.05) is 12.1 Å². The topological polar surface area (TPSA) is 40.5 Å². The molecule has 1 aromatic rings. The number of hydrogen-bond acceptors (Lipinski definition) is 2. The second-order valence-electron chi connectivity index (χ2n) is 5.87. The number of halogens is 1. The number of carbonyl (C=O) groups is 1. The predicted octanol–water partition coefficient (Wildman–Crippen LogP) is 4.41. The molecule has 1 aromatic carbocycles.